The molecule has 1 aromatic heterocycles. The number of benzene rings is 1. The Bertz CT molecular complexity index is 762. The number of rotatable bonds is 3. The first-order chi connectivity index (χ1) is 11.9. The smallest absolute Gasteiger partial charge is 0.334 e. The molecular formula is C17H20ClF3N4O. The molecule has 0 aliphatic carbocycles. The molecule has 0 saturated carbocycles. The molecular weight excluding hydrogens is 369 g/mol. The van der Waals surface area contributed by atoms with Gasteiger partial charge in [0.2, 0.25) is 0 Å². The van der Waals surface area contributed by atoms with Crippen LogP contribution in [0.4, 0.5) is 13.2 Å². The summed E-state index contributed by atoms with van der Waals surface area (Å²) in [5.41, 5.74) is 5.61. The van der Waals surface area contributed by atoms with Crippen molar-refractivity contribution >= 4 is 18.3 Å². The Labute approximate surface area is 155 Å². The lowest BCUT2D eigenvalue weighted by Crippen LogP contribution is -2.47. The molecule has 0 spiro atoms. The van der Waals surface area contributed by atoms with Crippen LogP contribution >= 0.6 is 12.4 Å². The maximum Gasteiger partial charge on any atom is 0.435 e. The van der Waals surface area contributed by atoms with E-state index in [1.54, 1.807) is 29.2 Å². The predicted octanol–water partition coefficient (Wildman–Crippen LogP) is 3.27. The van der Waals surface area contributed by atoms with Gasteiger partial charge in [0.15, 0.2) is 5.69 Å². The Morgan fingerprint density at radius 2 is 2.04 bits per heavy atom. The van der Waals surface area contributed by atoms with E-state index in [1.807, 2.05) is 0 Å². The van der Waals surface area contributed by atoms with Gasteiger partial charge in [-0.3, -0.25) is 4.79 Å². The maximum atomic E-state index is 12.8. The number of halogens is 4. The molecule has 1 aliphatic heterocycles. The van der Waals surface area contributed by atoms with Crippen LogP contribution in [0.1, 0.15) is 35.3 Å². The molecule has 1 saturated heterocycles. The first-order valence-electron chi connectivity index (χ1n) is 8.14. The second kappa shape index (κ2) is 8.09. The van der Waals surface area contributed by atoms with Gasteiger partial charge in [-0.2, -0.15) is 18.3 Å². The van der Waals surface area contributed by atoms with Gasteiger partial charge in [-0.05, 0) is 43.5 Å². The van der Waals surface area contributed by atoms with Crippen molar-refractivity contribution in [2.24, 2.45) is 5.73 Å². The van der Waals surface area contributed by atoms with Gasteiger partial charge >= 0.3 is 6.18 Å². The number of carbonyl (C=O) groups excluding carboxylic acids is 1. The van der Waals surface area contributed by atoms with Crippen LogP contribution in [-0.2, 0) is 6.18 Å². The number of hydrogen-bond acceptors (Lipinski definition) is 3. The number of nitrogens with two attached hydrogens (primary N) is 1. The third kappa shape index (κ3) is 4.19. The van der Waals surface area contributed by atoms with Gasteiger partial charge in [-0.25, -0.2) is 4.68 Å². The molecule has 142 valence electrons. The summed E-state index contributed by atoms with van der Waals surface area (Å²) in [5, 5.41) is 3.54. The highest BCUT2D eigenvalue weighted by Crippen LogP contribution is 2.28. The number of hydrogen-bond donors (Lipinski definition) is 1. The second-order valence-corrected chi connectivity index (χ2v) is 6.08. The van der Waals surface area contributed by atoms with Crippen molar-refractivity contribution < 1.29 is 18.0 Å². The van der Waals surface area contributed by atoms with E-state index >= 15 is 0 Å². The van der Waals surface area contributed by atoms with Gasteiger partial charge in [0.1, 0.15) is 0 Å². The summed E-state index contributed by atoms with van der Waals surface area (Å²) in [5.74, 6) is -0.153. The van der Waals surface area contributed by atoms with Crippen molar-refractivity contribution in [1.82, 2.24) is 14.7 Å². The van der Waals surface area contributed by atoms with Crippen molar-refractivity contribution in [1.29, 1.82) is 0 Å². The third-order valence-corrected chi connectivity index (χ3v) is 4.40. The highest BCUT2D eigenvalue weighted by Gasteiger charge is 2.33. The summed E-state index contributed by atoms with van der Waals surface area (Å²) in [4.78, 5) is 14.5. The Morgan fingerprint density at radius 1 is 1.27 bits per heavy atom. The van der Waals surface area contributed by atoms with E-state index in [0.29, 0.717) is 24.3 Å². The summed E-state index contributed by atoms with van der Waals surface area (Å²) >= 11 is 0. The molecule has 5 nitrogen and oxygen atoms in total. The number of alkyl halides is 3. The largest absolute Gasteiger partial charge is 0.435 e. The molecule has 26 heavy (non-hydrogen) atoms. The highest BCUT2D eigenvalue weighted by molar-refractivity contribution is 5.95. The lowest BCUT2D eigenvalue weighted by molar-refractivity contribution is -0.141. The summed E-state index contributed by atoms with van der Waals surface area (Å²) in [6.45, 7) is 1.05. The zero-order chi connectivity index (χ0) is 18.0. The molecule has 2 N–H and O–H groups in total. The van der Waals surface area contributed by atoms with E-state index in [1.165, 1.54) is 6.20 Å². The summed E-state index contributed by atoms with van der Waals surface area (Å²) < 4.78 is 39.2. The van der Waals surface area contributed by atoms with E-state index in [0.717, 1.165) is 30.0 Å². The summed E-state index contributed by atoms with van der Waals surface area (Å²) in [7, 11) is 0. The van der Waals surface area contributed by atoms with Crippen molar-refractivity contribution in [3.63, 3.8) is 0 Å². The van der Waals surface area contributed by atoms with Crippen LogP contribution in [0.3, 0.4) is 0 Å². The number of piperidine rings is 1. The Balaban J connectivity index is 0.00000243. The molecule has 1 unspecified atom stereocenters. The van der Waals surface area contributed by atoms with Crippen LogP contribution in [0.2, 0.25) is 0 Å². The van der Waals surface area contributed by atoms with Crippen molar-refractivity contribution in [3.8, 4) is 5.69 Å². The number of carbonyl (C=O) groups is 1. The highest BCUT2D eigenvalue weighted by atomic mass is 35.5. The van der Waals surface area contributed by atoms with Gasteiger partial charge < -0.3 is 10.6 Å². The fourth-order valence-corrected chi connectivity index (χ4v) is 3.08. The fraction of sp³-hybridized carbons (Fsp3) is 0.412. The number of aromatic nitrogens is 2. The average molecular weight is 389 g/mol. The van der Waals surface area contributed by atoms with Gasteiger partial charge in [-0.1, -0.05) is 6.07 Å². The van der Waals surface area contributed by atoms with Crippen LogP contribution in [-0.4, -0.2) is 39.7 Å². The molecule has 3 rings (SSSR count). The van der Waals surface area contributed by atoms with Gasteiger partial charge in [0.05, 0.1) is 5.69 Å². The quantitative estimate of drug-likeness (QED) is 0.877. The lowest BCUT2D eigenvalue weighted by Gasteiger charge is -2.35. The molecule has 2 aromatic rings. The standard InChI is InChI=1S/C17H19F3N4O.ClH/c18-17(19,20)15-7-9-24(22-15)13-6-3-4-12(10-13)16(25)23-8-2-1-5-14(23)11-21;/h3-4,6-7,9-10,14H,1-2,5,8,11,21H2;1H. The third-order valence-electron chi connectivity index (χ3n) is 4.40. The zero-order valence-electron chi connectivity index (χ0n) is 13.9. The van der Waals surface area contributed by atoms with Crippen molar-refractivity contribution in [2.75, 3.05) is 13.1 Å². The van der Waals surface area contributed by atoms with Crippen LogP contribution in [0.5, 0.6) is 0 Å². The molecule has 0 bridgehead atoms. The molecule has 2 heterocycles. The van der Waals surface area contributed by atoms with Crippen molar-refractivity contribution in [2.45, 2.75) is 31.5 Å². The number of nitrogens with zero attached hydrogens (tertiary/aromatic N) is 3. The van der Waals surface area contributed by atoms with Gasteiger partial charge in [0, 0.05) is 30.9 Å². The molecule has 0 radical (unpaired) electrons. The number of amides is 1. The topological polar surface area (TPSA) is 64.2 Å². The van der Waals surface area contributed by atoms with E-state index < -0.39 is 11.9 Å². The predicted molar refractivity (Wildman–Crippen MR) is 93.5 cm³/mol. The lowest BCUT2D eigenvalue weighted by atomic mass is 10.0. The molecule has 1 aromatic carbocycles. The number of likely N-dealkylation sites (tertiary alicyclic amines) is 1. The van der Waals surface area contributed by atoms with E-state index in [4.69, 9.17) is 5.73 Å². The first kappa shape index (κ1) is 20.3. The van der Waals surface area contributed by atoms with Crippen LogP contribution in [0, 0.1) is 0 Å². The first-order valence-corrected chi connectivity index (χ1v) is 8.14. The monoisotopic (exact) mass is 388 g/mol. The van der Waals surface area contributed by atoms with Gasteiger partial charge in [0.25, 0.3) is 5.91 Å². The molecule has 1 fully saturated rings. The molecule has 1 atom stereocenters. The SMILES string of the molecule is Cl.NCC1CCCCN1C(=O)c1cccc(-n2ccc(C(F)(F)F)n2)c1. The van der Waals surface area contributed by atoms with Crippen LogP contribution in [0.25, 0.3) is 5.69 Å². The maximum absolute atomic E-state index is 12.8. The second-order valence-electron chi connectivity index (χ2n) is 6.08. The Hall–Kier alpha value is -2.06. The van der Waals surface area contributed by atoms with Crippen LogP contribution < -0.4 is 5.73 Å². The van der Waals surface area contributed by atoms with Crippen LogP contribution in [0.15, 0.2) is 36.5 Å². The Morgan fingerprint density at radius 3 is 2.69 bits per heavy atom. The fourth-order valence-electron chi connectivity index (χ4n) is 3.08. The molecule has 9 heteroatoms. The zero-order valence-corrected chi connectivity index (χ0v) is 14.8. The summed E-state index contributed by atoms with van der Waals surface area (Å²) in [6.07, 6.45) is -0.428. The Kier molecular flexibility index (Phi) is 6.30. The molecule has 1 aliphatic rings. The molecule has 1 amide bonds. The summed E-state index contributed by atoms with van der Waals surface area (Å²) in [6, 6.07) is 7.37. The minimum absolute atomic E-state index is 0. The van der Waals surface area contributed by atoms with E-state index in [2.05, 4.69) is 5.10 Å². The minimum atomic E-state index is -4.50. The van der Waals surface area contributed by atoms with Crippen molar-refractivity contribution in [3.05, 3.63) is 47.8 Å². The average Bonchev–Trinajstić information content (AvgIpc) is 3.12. The van der Waals surface area contributed by atoms with E-state index in [-0.39, 0.29) is 24.4 Å². The van der Waals surface area contributed by atoms with Gasteiger partial charge in [-0.15, -0.1) is 12.4 Å². The minimum Gasteiger partial charge on any atom is -0.334 e. The van der Waals surface area contributed by atoms with E-state index in [9.17, 15) is 18.0 Å². The normalized spacial score (nSPS) is 17.7.